The van der Waals surface area contributed by atoms with Crippen molar-refractivity contribution in [3.63, 3.8) is 0 Å². The molecule has 0 radical (unpaired) electrons. The zero-order valence-electron chi connectivity index (χ0n) is 17.6. The molecular formula is C25H24FN3O3. The Morgan fingerprint density at radius 1 is 0.938 bits per heavy atom. The van der Waals surface area contributed by atoms with E-state index in [1.165, 1.54) is 12.3 Å². The molecule has 3 aromatic rings. The van der Waals surface area contributed by atoms with E-state index in [1.807, 2.05) is 30.3 Å². The van der Waals surface area contributed by atoms with Crippen molar-refractivity contribution in [2.75, 3.05) is 37.6 Å². The molecule has 164 valence electrons. The predicted molar refractivity (Wildman–Crippen MR) is 119 cm³/mol. The summed E-state index contributed by atoms with van der Waals surface area (Å²) in [5.41, 5.74) is 2.16. The third-order valence-electron chi connectivity index (χ3n) is 6.32. The van der Waals surface area contributed by atoms with Crippen LogP contribution in [0.2, 0.25) is 0 Å². The number of anilines is 1. The highest BCUT2D eigenvalue weighted by molar-refractivity contribution is 5.96. The minimum atomic E-state index is -0.262. The summed E-state index contributed by atoms with van der Waals surface area (Å²) in [5.74, 6) is 0.0955. The van der Waals surface area contributed by atoms with Crippen molar-refractivity contribution >= 4 is 17.5 Å². The molecule has 7 heteroatoms. The van der Waals surface area contributed by atoms with Crippen molar-refractivity contribution in [1.82, 2.24) is 9.80 Å². The predicted octanol–water partition coefficient (Wildman–Crippen LogP) is 3.65. The van der Waals surface area contributed by atoms with E-state index in [2.05, 4.69) is 4.90 Å². The van der Waals surface area contributed by atoms with Gasteiger partial charge < -0.3 is 14.2 Å². The van der Waals surface area contributed by atoms with Gasteiger partial charge in [0.25, 0.3) is 5.91 Å². The highest BCUT2D eigenvalue weighted by Gasteiger charge is 2.36. The summed E-state index contributed by atoms with van der Waals surface area (Å²) >= 11 is 0. The Balaban J connectivity index is 1.21. The molecule has 0 saturated carbocycles. The van der Waals surface area contributed by atoms with Gasteiger partial charge in [-0.3, -0.25) is 14.5 Å². The van der Waals surface area contributed by atoms with Gasteiger partial charge in [-0.05, 0) is 35.9 Å². The first-order valence-corrected chi connectivity index (χ1v) is 10.8. The normalized spacial score (nSPS) is 19.5. The van der Waals surface area contributed by atoms with E-state index in [-0.39, 0.29) is 23.7 Å². The first-order chi connectivity index (χ1) is 15.6. The molecule has 0 spiro atoms. The van der Waals surface area contributed by atoms with Crippen molar-refractivity contribution in [2.24, 2.45) is 0 Å². The summed E-state index contributed by atoms with van der Waals surface area (Å²) in [6.07, 6.45) is 1.96. The first kappa shape index (κ1) is 20.5. The van der Waals surface area contributed by atoms with Crippen LogP contribution < -0.4 is 4.90 Å². The fraction of sp³-hybridized carbons (Fsp3) is 0.280. The van der Waals surface area contributed by atoms with E-state index in [0.29, 0.717) is 37.4 Å². The van der Waals surface area contributed by atoms with E-state index in [9.17, 15) is 14.0 Å². The Morgan fingerprint density at radius 3 is 2.38 bits per heavy atom. The van der Waals surface area contributed by atoms with Gasteiger partial charge in [-0.2, -0.15) is 0 Å². The summed E-state index contributed by atoms with van der Waals surface area (Å²) in [4.78, 5) is 31.1. The van der Waals surface area contributed by atoms with Crippen LogP contribution in [0.15, 0.2) is 71.3 Å². The monoisotopic (exact) mass is 433 g/mol. The Labute approximate surface area is 185 Å². The molecule has 1 atom stereocenters. The number of amides is 2. The minimum absolute atomic E-state index is 0.0859. The van der Waals surface area contributed by atoms with E-state index >= 15 is 0 Å². The number of hydrogen-bond acceptors (Lipinski definition) is 4. The van der Waals surface area contributed by atoms with Crippen molar-refractivity contribution in [3.05, 3.63) is 78.5 Å². The van der Waals surface area contributed by atoms with Crippen molar-refractivity contribution in [1.29, 1.82) is 0 Å². The van der Waals surface area contributed by atoms with Gasteiger partial charge in [0, 0.05) is 56.4 Å². The maximum absolute atomic E-state index is 14.1. The molecule has 2 amide bonds. The standard InChI is InChI=1S/C25H24FN3O3/c26-22-5-2-1-4-21(22)18-7-9-19(10-8-18)29-17-20(16-24(29)30)27-11-13-28(14-12-27)25(31)23-6-3-15-32-23/h1-10,15,20H,11-14,16-17H2. The summed E-state index contributed by atoms with van der Waals surface area (Å²) in [6, 6.07) is 17.6. The fourth-order valence-corrected chi connectivity index (χ4v) is 4.55. The zero-order valence-corrected chi connectivity index (χ0v) is 17.6. The Hall–Kier alpha value is -3.45. The molecule has 0 N–H and O–H groups in total. The minimum Gasteiger partial charge on any atom is -0.459 e. The second-order valence-electron chi connectivity index (χ2n) is 8.19. The molecule has 32 heavy (non-hydrogen) atoms. The molecule has 2 aliphatic rings. The number of rotatable bonds is 4. The fourth-order valence-electron chi connectivity index (χ4n) is 4.55. The van der Waals surface area contributed by atoms with Crippen LogP contribution in [0.3, 0.4) is 0 Å². The number of piperazine rings is 1. The van der Waals surface area contributed by atoms with E-state index in [1.54, 1.807) is 34.1 Å². The number of furan rings is 1. The molecule has 1 unspecified atom stereocenters. The Morgan fingerprint density at radius 2 is 1.69 bits per heavy atom. The number of halogens is 1. The first-order valence-electron chi connectivity index (χ1n) is 10.8. The lowest BCUT2D eigenvalue weighted by atomic mass is 10.0. The molecule has 2 saturated heterocycles. The maximum atomic E-state index is 14.1. The molecule has 2 aromatic carbocycles. The van der Waals surface area contributed by atoms with Crippen LogP contribution in [0.5, 0.6) is 0 Å². The van der Waals surface area contributed by atoms with E-state index in [0.717, 1.165) is 24.3 Å². The van der Waals surface area contributed by atoms with Gasteiger partial charge in [-0.1, -0.05) is 30.3 Å². The highest BCUT2D eigenvalue weighted by atomic mass is 19.1. The molecule has 2 aliphatic heterocycles. The largest absolute Gasteiger partial charge is 0.459 e. The third-order valence-corrected chi connectivity index (χ3v) is 6.32. The second-order valence-corrected chi connectivity index (χ2v) is 8.19. The van der Waals surface area contributed by atoms with Crippen LogP contribution in [0, 0.1) is 5.82 Å². The van der Waals surface area contributed by atoms with Gasteiger partial charge >= 0.3 is 0 Å². The third kappa shape index (κ3) is 3.91. The molecule has 0 bridgehead atoms. The lowest BCUT2D eigenvalue weighted by Crippen LogP contribution is -2.52. The van der Waals surface area contributed by atoms with Crippen LogP contribution in [0.4, 0.5) is 10.1 Å². The molecule has 6 nitrogen and oxygen atoms in total. The van der Waals surface area contributed by atoms with Crippen LogP contribution in [-0.2, 0) is 4.79 Å². The summed E-state index contributed by atoms with van der Waals surface area (Å²) < 4.78 is 19.3. The highest BCUT2D eigenvalue weighted by Crippen LogP contribution is 2.29. The molecule has 5 rings (SSSR count). The van der Waals surface area contributed by atoms with Gasteiger partial charge in [-0.25, -0.2) is 4.39 Å². The molecule has 1 aromatic heterocycles. The van der Waals surface area contributed by atoms with Gasteiger partial charge in [-0.15, -0.1) is 0 Å². The van der Waals surface area contributed by atoms with Gasteiger partial charge in [0.05, 0.1) is 6.26 Å². The van der Waals surface area contributed by atoms with Crippen LogP contribution in [0.25, 0.3) is 11.1 Å². The molecule has 2 fully saturated rings. The summed E-state index contributed by atoms with van der Waals surface area (Å²) in [5, 5.41) is 0. The quantitative estimate of drug-likeness (QED) is 0.630. The molecule has 0 aliphatic carbocycles. The summed E-state index contributed by atoms with van der Waals surface area (Å²) in [6.45, 7) is 3.29. The van der Waals surface area contributed by atoms with Crippen LogP contribution >= 0.6 is 0 Å². The average molecular weight is 433 g/mol. The molecule has 3 heterocycles. The number of benzene rings is 2. The van der Waals surface area contributed by atoms with Crippen molar-refractivity contribution in [3.8, 4) is 11.1 Å². The SMILES string of the molecule is O=C(c1ccco1)N1CCN(C2CC(=O)N(c3ccc(-c4ccccc4F)cc3)C2)CC1. The maximum Gasteiger partial charge on any atom is 0.289 e. The van der Waals surface area contributed by atoms with E-state index in [4.69, 9.17) is 4.42 Å². The molecular weight excluding hydrogens is 409 g/mol. The number of hydrogen-bond donors (Lipinski definition) is 0. The Kier molecular flexibility index (Phi) is 5.49. The zero-order chi connectivity index (χ0) is 22.1. The number of nitrogens with zero attached hydrogens (tertiary/aromatic N) is 3. The summed E-state index contributed by atoms with van der Waals surface area (Å²) in [7, 11) is 0. The second kappa shape index (κ2) is 8.59. The van der Waals surface area contributed by atoms with Gasteiger partial charge in [0.1, 0.15) is 5.82 Å². The van der Waals surface area contributed by atoms with Crippen molar-refractivity contribution in [2.45, 2.75) is 12.5 Å². The lowest BCUT2D eigenvalue weighted by Gasteiger charge is -2.37. The topological polar surface area (TPSA) is 57.0 Å². The van der Waals surface area contributed by atoms with Crippen LogP contribution in [-0.4, -0.2) is 60.4 Å². The van der Waals surface area contributed by atoms with E-state index < -0.39 is 0 Å². The number of carbonyl (C=O) groups excluding carboxylic acids is 2. The van der Waals surface area contributed by atoms with Gasteiger partial charge in [0.15, 0.2) is 5.76 Å². The lowest BCUT2D eigenvalue weighted by molar-refractivity contribution is -0.117. The van der Waals surface area contributed by atoms with Crippen molar-refractivity contribution < 1.29 is 18.4 Å². The van der Waals surface area contributed by atoms with Crippen LogP contribution in [0.1, 0.15) is 17.0 Å². The smallest absolute Gasteiger partial charge is 0.289 e. The number of carbonyl (C=O) groups is 2. The average Bonchev–Trinajstić information content (AvgIpc) is 3.50. The Bertz CT molecular complexity index is 1110. The van der Waals surface area contributed by atoms with Gasteiger partial charge in [0.2, 0.25) is 5.91 Å².